The fraction of sp³-hybridized carbons (Fsp3) is 0.250. The van der Waals surface area contributed by atoms with E-state index in [-0.39, 0.29) is 13.4 Å². The Morgan fingerprint density at radius 3 is 1.15 bits per heavy atom. The normalized spacial score (nSPS) is 14.2. The summed E-state index contributed by atoms with van der Waals surface area (Å²) in [7, 11) is -1.53. The Kier molecular flexibility index (Phi) is 14.4. The van der Waals surface area contributed by atoms with Crippen LogP contribution in [0.25, 0.3) is 11.1 Å². The number of fused-ring (bicyclic) bond motifs is 10. The Morgan fingerprint density at radius 2 is 0.702 bits per heavy atom. The van der Waals surface area contributed by atoms with Gasteiger partial charge in [-0.3, -0.25) is 0 Å². The summed E-state index contributed by atoms with van der Waals surface area (Å²) >= 11 is 0. The van der Waals surface area contributed by atoms with Crippen LogP contribution in [0.2, 0.25) is 0 Å². The summed E-state index contributed by atoms with van der Waals surface area (Å²) in [5, 5.41) is 4.34. The van der Waals surface area contributed by atoms with E-state index in [1.165, 1.54) is 138 Å². The van der Waals surface area contributed by atoms with Gasteiger partial charge in [0, 0.05) is 5.69 Å². The topological polar surface area (TPSA) is 3.24 Å². The van der Waals surface area contributed by atoms with Crippen molar-refractivity contribution >= 4 is 87.6 Å². The van der Waals surface area contributed by atoms with Gasteiger partial charge in [-0.05, 0) is 155 Å². The maximum Gasteiger partial charge on any atom is 0.240 e. The molecule has 3 aliphatic heterocycles. The number of para-hydroxylation sites is 2. The minimum Gasteiger partial charge on any atom is -0.310 e. The largest absolute Gasteiger partial charge is 0.310 e. The van der Waals surface area contributed by atoms with E-state index in [1.54, 1.807) is 0 Å². The molecule has 0 unspecified atom stereocenters. The molecule has 1 radical (unpaired) electrons. The fourth-order valence-corrected chi connectivity index (χ4v) is 18.7. The Hall–Kier alpha value is -7.65. The molecule has 0 aliphatic carbocycles. The highest BCUT2D eigenvalue weighted by Crippen LogP contribution is 2.58. The molecule has 84 heavy (non-hydrogen) atoms. The Labute approximate surface area is 505 Å². The highest BCUT2D eigenvalue weighted by molar-refractivity contribution is 7.11. The van der Waals surface area contributed by atoms with Crippen LogP contribution in [0.3, 0.4) is 0 Å². The molecular weight excluding hydrogens is 1020 g/mol. The summed E-state index contributed by atoms with van der Waals surface area (Å²) in [5.41, 5.74) is 29.9. The second-order valence-electron chi connectivity index (χ2n) is 26.4. The van der Waals surface area contributed by atoms with Gasteiger partial charge in [-0.2, -0.15) is 0 Å². The maximum atomic E-state index is 2.66. The molecule has 3 aliphatic rings. The van der Waals surface area contributed by atoms with Crippen LogP contribution in [0.4, 0.5) is 17.1 Å². The molecule has 1 spiro atoms. The van der Waals surface area contributed by atoms with Crippen molar-refractivity contribution < 1.29 is 0 Å². The summed E-state index contributed by atoms with van der Waals surface area (Å²) < 4.78 is 0. The number of nitrogens with zero attached hydrogens (tertiary/aromatic N) is 1. The van der Waals surface area contributed by atoms with E-state index >= 15 is 0 Å². The van der Waals surface area contributed by atoms with Crippen molar-refractivity contribution in [2.24, 2.45) is 0 Å². The molecule has 0 fully saturated rings. The monoisotopic (exact) mass is 1100 g/mol. The summed E-state index contributed by atoms with van der Waals surface area (Å²) in [6, 6.07) is 83.9. The lowest BCUT2D eigenvalue weighted by atomic mass is 9.20. The highest BCUT2D eigenvalue weighted by Gasteiger charge is 2.53. The molecular formula is C80H80B2NSi. The van der Waals surface area contributed by atoms with E-state index in [1.807, 2.05) is 0 Å². The van der Waals surface area contributed by atoms with Gasteiger partial charge >= 0.3 is 0 Å². The van der Waals surface area contributed by atoms with Crippen LogP contribution in [0.15, 0.2) is 212 Å². The first-order valence-electron chi connectivity index (χ1n) is 31.4. The van der Waals surface area contributed by atoms with E-state index in [2.05, 4.69) is 307 Å². The number of hydrogen-bond donors (Lipinski definition) is 0. The van der Waals surface area contributed by atoms with Crippen molar-refractivity contribution in [2.75, 3.05) is 4.90 Å². The first-order chi connectivity index (χ1) is 40.6. The molecule has 4 heteroatoms. The van der Waals surface area contributed by atoms with Gasteiger partial charge in [-0.1, -0.05) is 304 Å². The van der Waals surface area contributed by atoms with E-state index in [4.69, 9.17) is 0 Å². The molecule has 0 bridgehead atoms. The summed E-state index contributed by atoms with van der Waals surface area (Å²) in [5.74, 6) is 2.19. The van der Waals surface area contributed by atoms with Crippen molar-refractivity contribution in [3.8, 4) is 11.1 Å². The van der Waals surface area contributed by atoms with Crippen LogP contribution in [0, 0.1) is 6.92 Å². The zero-order valence-electron chi connectivity index (χ0n) is 51.8. The standard InChI is InChI=1S/C80H80B2NSi/c1-49(2)56-44-61(51(5)6)78(62(45-56)52(7)8)81-69-35-21-22-36-70(69)82(79-63(53(9)10)46-57(50(3)4)47-64(79)54(11)12)72-48-58(42-43-71(72)81)83-73-37-23-17-31-65(73)80(66-32-18-24-38-74(66)83)67-33-19-26-40-76(67)84(77-41-27-20-34-68(77)80)75-39-25-16-30-60(75)59-29-15-14-28-55(59)13/h14-54H,1-13H3. The summed E-state index contributed by atoms with van der Waals surface area (Å²) in [4.78, 5) is 2.65. The van der Waals surface area contributed by atoms with Crippen LogP contribution >= 0.6 is 0 Å². The average molecular weight is 1110 g/mol. The molecule has 10 aromatic rings. The van der Waals surface area contributed by atoms with Crippen LogP contribution in [-0.4, -0.2) is 22.2 Å². The predicted octanol–water partition coefficient (Wildman–Crippen LogP) is 14.7. The highest BCUT2D eigenvalue weighted by atomic mass is 28.3. The fourth-order valence-electron chi connectivity index (χ4n) is 15.5. The van der Waals surface area contributed by atoms with Gasteiger partial charge in [0.25, 0.3) is 0 Å². The second-order valence-corrected chi connectivity index (χ2v) is 28.8. The lowest BCUT2D eigenvalue weighted by Crippen LogP contribution is -2.76. The molecule has 0 amide bonds. The van der Waals surface area contributed by atoms with E-state index in [0.29, 0.717) is 35.5 Å². The Morgan fingerprint density at radius 1 is 0.333 bits per heavy atom. The van der Waals surface area contributed by atoms with Gasteiger partial charge in [-0.25, -0.2) is 0 Å². The van der Waals surface area contributed by atoms with Gasteiger partial charge in [0.2, 0.25) is 13.4 Å². The Balaban J connectivity index is 1.09. The van der Waals surface area contributed by atoms with Crippen LogP contribution in [-0.2, 0) is 5.41 Å². The molecule has 10 aromatic carbocycles. The SMILES string of the molecule is Cc1ccccc1-c1ccccc1[Si]1c2ccccc2C2(c3ccccc3N(c3ccc4c(c3)B(c3c(C(C)C)cc(C(C)C)cc3C(C)C)c3ccccc3B4c3c(C(C)C)cc(C(C)C)cc3C(C)C)c3ccccc32)c2ccccc21. The first kappa shape index (κ1) is 55.5. The van der Waals surface area contributed by atoms with Crippen LogP contribution < -0.4 is 53.2 Å². The van der Waals surface area contributed by atoms with E-state index in [0.717, 1.165) is 0 Å². The van der Waals surface area contributed by atoms with Crippen molar-refractivity contribution in [3.05, 3.63) is 274 Å². The van der Waals surface area contributed by atoms with Crippen LogP contribution in [0.1, 0.15) is 180 Å². The van der Waals surface area contributed by atoms with Crippen molar-refractivity contribution in [3.63, 3.8) is 0 Å². The smallest absolute Gasteiger partial charge is 0.240 e. The third kappa shape index (κ3) is 8.71. The molecule has 3 heterocycles. The van der Waals surface area contributed by atoms with Crippen molar-refractivity contribution in [2.45, 2.75) is 131 Å². The van der Waals surface area contributed by atoms with Gasteiger partial charge in [0.15, 0.2) is 8.80 Å². The molecule has 0 N–H and O–H groups in total. The van der Waals surface area contributed by atoms with Crippen molar-refractivity contribution in [1.82, 2.24) is 0 Å². The van der Waals surface area contributed by atoms with E-state index in [9.17, 15) is 0 Å². The van der Waals surface area contributed by atoms with Gasteiger partial charge in [0.1, 0.15) is 0 Å². The Bertz CT molecular complexity index is 4020. The average Bonchev–Trinajstić information content (AvgIpc) is 0.741. The third-order valence-electron chi connectivity index (χ3n) is 19.4. The molecule has 415 valence electrons. The number of hydrogen-bond acceptors (Lipinski definition) is 1. The van der Waals surface area contributed by atoms with E-state index < -0.39 is 14.2 Å². The molecule has 13 rings (SSSR count). The zero-order chi connectivity index (χ0) is 58.5. The quantitative estimate of drug-likeness (QED) is 0.117. The maximum absolute atomic E-state index is 2.66. The zero-order valence-corrected chi connectivity index (χ0v) is 52.8. The minimum absolute atomic E-state index is 0.00480. The number of anilines is 3. The molecule has 0 saturated heterocycles. The lowest BCUT2D eigenvalue weighted by molar-refractivity contribution is 0.737. The second kappa shape index (κ2) is 21.8. The predicted molar refractivity (Wildman–Crippen MR) is 367 cm³/mol. The summed E-state index contributed by atoms with van der Waals surface area (Å²) in [6.07, 6.45) is 0. The van der Waals surface area contributed by atoms with Gasteiger partial charge in [0.05, 0.1) is 16.8 Å². The van der Waals surface area contributed by atoms with Gasteiger partial charge < -0.3 is 4.90 Å². The van der Waals surface area contributed by atoms with Crippen LogP contribution in [0.5, 0.6) is 0 Å². The molecule has 0 aromatic heterocycles. The first-order valence-corrected chi connectivity index (χ1v) is 32.9. The lowest BCUT2D eigenvalue weighted by Gasteiger charge is -2.50. The summed E-state index contributed by atoms with van der Waals surface area (Å²) in [6.45, 7) is 31.1. The third-order valence-corrected chi connectivity index (χ3v) is 22.4. The van der Waals surface area contributed by atoms with Gasteiger partial charge in [-0.15, -0.1) is 0 Å². The number of benzene rings is 10. The molecule has 0 saturated carbocycles. The minimum atomic E-state index is -1.53. The number of aryl methyl sites for hydroxylation is 1. The van der Waals surface area contributed by atoms with Crippen molar-refractivity contribution in [1.29, 1.82) is 0 Å². The molecule has 0 atom stereocenters. The molecule has 1 nitrogen and oxygen atoms in total. The number of rotatable bonds is 11.